The zero-order valence-corrected chi connectivity index (χ0v) is 9.01. The number of hydrogen-bond donors (Lipinski definition) is 1. The van der Waals surface area contributed by atoms with E-state index in [-0.39, 0.29) is 6.54 Å². The van der Waals surface area contributed by atoms with Crippen LogP contribution >= 0.6 is 22.6 Å². The fraction of sp³-hybridized carbons (Fsp3) is 0.333. The summed E-state index contributed by atoms with van der Waals surface area (Å²) in [5.74, 6) is 0. The Morgan fingerprint density at radius 2 is 1.92 bits per heavy atom. The van der Waals surface area contributed by atoms with E-state index in [4.69, 9.17) is 5.73 Å². The van der Waals surface area contributed by atoms with Crippen molar-refractivity contribution in [1.82, 2.24) is 0 Å². The zero-order valence-electron chi connectivity index (χ0n) is 6.85. The number of hydrogen-bond acceptors (Lipinski definition) is 1. The lowest BCUT2D eigenvalue weighted by molar-refractivity contribution is 0.203. The summed E-state index contributed by atoms with van der Waals surface area (Å²) in [6.45, 7) is 1.52. The smallest absolute Gasteiger partial charge is 0.145 e. The molecule has 2 N–H and O–H groups in total. The first kappa shape index (κ1) is 9.92. The first-order chi connectivity index (χ1) is 5.56. The molecule has 1 rings (SSSR count). The third kappa shape index (κ3) is 2.17. The summed E-state index contributed by atoms with van der Waals surface area (Å²) in [5, 5.41) is 0. The Balaban J connectivity index is 2.96. The molecule has 0 bridgehead atoms. The summed E-state index contributed by atoms with van der Waals surface area (Å²) in [5.41, 5.74) is 4.54. The Morgan fingerprint density at radius 1 is 1.42 bits per heavy atom. The van der Waals surface area contributed by atoms with Gasteiger partial charge in [0.05, 0.1) is 0 Å². The molecule has 0 fully saturated rings. The number of nitrogens with two attached hydrogens (primary N) is 1. The van der Waals surface area contributed by atoms with Gasteiger partial charge in [-0.3, -0.25) is 0 Å². The van der Waals surface area contributed by atoms with Crippen molar-refractivity contribution < 1.29 is 4.39 Å². The highest BCUT2D eigenvalue weighted by atomic mass is 127. The second-order valence-corrected chi connectivity index (χ2v) is 4.15. The molecule has 0 aliphatic heterocycles. The molecule has 0 spiro atoms. The van der Waals surface area contributed by atoms with Gasteiger partial charge in [-0.25, -0.2) is 4.39 Å². The van der Waals surface area contributed by atoms with Gasteiger partial charge < -0.3 is 5.73 Å². The lowest BCUT2D eigenvalue weighted by Crippen LogP contribution is -2.26. The number of halogens is 2. The summed E-state index contributed by atoms with van der Waals surface area (Å²) in [4.78, 5) is 0. The van der Waals surface area contributed by atoms with E-state index in [9.17, 15) is 4.39 Å². The standard InChI is InChI=1S/C9H11FIN/c1-9(10,6-12)7-2-4-8(11)5-3-7/h2-5H,6,12H2,1H3/t9-/m0/s1. The van der Waals surface area contributed by atoms with Gasteiger partial charge in [0.1, 0.15) is 5.67 Å². The van der Waals surface area contributed by atoms with Crippen molar-refractivity contribution in [2.24, 2.45) is 5.73 Å². The van der Waals surface area contributed by atoms with Crippen LogP contribution in [0.1, 0.15) is 12.5 Å². The van der Waals surface area contributed by atoms with Crippen LogP contribution in [0, 0.1) is 3.57 Å². The van der Waals surface area contributed by atoms with Gasteiger partial charge >= 0.3 is 0 Å². The van der Waals surface area contributed by atoms with Crippen LogP contribution in [0.4, 0.5) is 4.39 Å². The van der Waals surface area contributed by atoms with E-state index in [1.54, 1.807) is 12.1 Å². The van der Waals surface area contributed by atoms with Gasteiger partial charge in [-0.05, 0) is 47.2 Å². The van der Waals surface area contributed by atoms with Gasteiger partial charge in [0.15, 0.2) is 0 Å². The Kier molecular flexibility index (Phi) is 3.06. The van der Waals surface area contributed by atoms with Crippen LogP contribution in [-0.4, -0.2) is 6.54 Å². The van der Waals surface area contributed by atoms with E-state index >= 15 is 0 Å². The monoisotopic (exact) mass is 279 g/mol. The maximum atomic E-state index is 13.6. The second-order valence-electron chi connectivity index (χ2n) is 2.91. The van der Waals surface area contributed by atoms with Gasteiger partial charge in [-0.1, -0.05) is 12.1 Å². The Hall–Kier alpha value is -0.160. The zero-order chi connectivity index (χ0) is 9.19. The van der Waals surface area contributed by atoms with E-state index in [2.05, 4.69) is 22.6 Å². The fourth-order valence-corrected chi connectivity index (χ4v) is 1.27. The minimum Gasteiger partial charge on any atom is -0.327 e. The quantitative estimate of drug-likeness (QED) is 0.827. The van der Waals surface area contributed by atoms with Crippen molar-refractivity contribution in [2.75, 3.05) is 6.54 Å². The third-order valence-corrected chi connectivity index (χ3v) is 2.55. The van der Waals surface area contributed by atoms with E-state index in [0.717, 1.165) is 3.57 Å². The van der Waals surface area contributed by atoms with Crippen LogP contribution in [0.15, 0.2) is 24.3 Å². The largest absolute Gasteiger partial charge is 0.327 e. The van der Waals surface area contributed by atoms with E-state index in [1.165, 1.54) is 6.92 Å². The average Bonchev–Trinajstić information content (AvgIpc) is 2.05. The molecule has 12 heavy (non-hydrogen) atoms. The van der Waals surface area contributed by atoms with Crippen LogP contribution < -0.4 is 5.73 Å². The molecule has 0 saturated carbocycles. The normalized spacial score (nSPS) is 15.7. The van der Waals surface area contributed by atoms with Crippen molar-refractivity contribution in [2.45, 2.75) is 12.6 Å². The van der Waals surface area contributed by atoms with Crippen LogP contribution in [0.3, 0.4) is 0 Å². The molecule has 66 valence electrons. The molecule has 0 aliphatic rings. The SMILES string of the molecule is C[C@](F)(CN)c1ccc(I)cc1. The lowest BCUT2D eigenvalue weighted by atomic mass is 9.98. The molecule has 0 aromatic heterocycles. The Labute approximate surface area is 85.3 Å². The van der Waals surface area contributed by atoms with Crippen LogP contribution in [0.2, 0.25) is 0 Å². The van der Waals surface area contributed by atoms with Gasteiger partial charge in [0, 0.05) is 10.1 Å². The molecule has 0 aliphatic carbocycles. The topological polar surface area (TPSA) is 26.0 Å². The number of rotatable bonds is 2. The highest BCUT2D eigenvalue weighted by Gasteiger charge is 2.22. The van der Waals surface area contributed by atoms with Gasteiger partial charge in [-0.2, -0.15) is 0 Å². The third-order valence-electron chi connectivity index (χ3n) is 1.83. The number of alkyl halides is 1. The van der Waals surface area contributed by atoms with E-state index in [0.29, 0.717) is 5.56 Å². The summed E-state index contributed by atoms with van der Waals surface area (Å²) in [6.07, 6.45) is 0. The summed E-state index contributed by atoms with van der Waals surface area (Å²) in [7, 11) is 0. The summed E-state index contributed by atoms with van der Waals surface area (Å²) < 4.78 is 14.7. The molecule has 1 aromatic rings. The van der Waals surface area contributed by atoms with Crippen LogP contribution in [0.5, 0.6) is 0 Å². The highest BCUT2D eigenvalue weighted by molar-refractivity contribution is 14.1. The van der Waals surface area contributed by atoms with Gasteiger partial charge in [0.25, 0.3) is 0 Å². The highest BCUT2D eigenvalue weighted by Crippen LogP contribution is 2.24. The molecule has 0 saturated heterocycles. The van der Waals surface area contributed by atoms with Gasteiger partial charge in [-0.15, -0.1) is 0 Å². The van der Waals surface area contributed by atoms with Crippen LogP contribution in [0.25, 0.3) is 0 Å². The Morgan fingerprint density at radius 3 is 2.33 bits per heavy atom. The molecule has 1 aromatic carbocycles. The minimum atomic E-state index is -1.40. The summed E-state index contributed by atoms with van der Waals surface area (Å²) >= 11 is 2.18. The molecular weight excluding hydrogens is 268 g/mol. The second kappa shape index (κ2) is 3.70. The predicted molar refractivity (Wildman–Crippen MR) is 56.7 cm³/mol. The molecule has 0 amide bonds. The predicted octanol–water partition coefficient (Wildman–Crippen LogP) is 2.43. The Bertz CT molecular complexity index is 256. The van der Waals surface area contributed by atoms with Crippen molar-refractivity contribution in [3.63, 3.8) is 0 Å². The molecule has 1 nitrogen and oxygen atoms in total. The maximum absolute atomic E-state index is 13.6. The van der Waals surface area contributed by atoms with Crippen molar-refractivity contribution in [3.05, 3.63) is 33.4 Å². The van der Waals surface area contributed by atoms with Crippen molar-refractivity contribution in [1.29, 1.82) is 0 Å². The van der Waals surface area contributed by atoms with Crippen LogP contribution in [-0.2, 0) is 5.67 Å². The van der Waals surface area contributed by atoms with E-state index in [1.807, 2.05) is 12.1 Å². The van der Waals surface area contributed by atoms with Gasteiger partial charge in [0.2, 0.25) is 0 Å². The molecule has 0 radical (unpaired) electrons. The van der Waals surface area contributed by atoms with Crippen molar-refractivity contribution in [3.8, 4) is 0 Å². The first-order valence-electron chi connectivity index (χ1n) is 3.71. The number of benzene rings is 1. The lowest BCUT2D eigenvalue weighted by Gasteiger charge is -2.18. The molecule has 0 heterocycles. The fourth-order valence-electron chi connectivity index (χ4n) is 0.915. The first-order valence-corrected chi connectivity index (χ1v) is 4.79. The average molecular weight is 279 g/mol. The molecule has 0 unspecified atom stereocenters. The molecule has 1 atom stereocenters. The van der Waals surface area contributed by atoms with E-state index < -0.39 is 5.67 Å². The molecular formula is C9H11FIN. The molecule has 3 heteroatoms. The van der Waals surface area contributed by atoms with Crippen molar-refractivity contribution >= 4 is 22.6 Å². The summed E-state index contributed by atoms with van der Waals surface area (Å²) in [6, 6.07) is 7.30. The maximum Gasteiger partial charge on any atom is 0.145 e. The minimum absolute atomic E-state index is 0.0214.